The Bertz CT molecular complexity index is 515. The molecule has 0 atom stereocenters. The van der Waals surface area contributed by atoms with E-state index in [1.165, 1.54) is 11.1 Å². The molecule has 2 rings (SSSR count). The van der Waals surface area contributed by atoms with E-state index < -0.39 is 0 Å². The van der Waals surface area contributed by atoms with E-state index in [1.807, 2.05) is 13.0 Å². The summed E-state index contributed by atoms with van der Waals surface area (Å²) in [5, 5.41) is 0. The molecule has 1 aromatic carbocycles. The van der Waals surface area contributed by atoms with Crippen LogP contribution >= 0.6 is 0 Å². The lowest BCUT2D eigenvalue weighted by molar-refractivity contribution is 0.416. The lowest BCUT2D eigenvalue weighted by atomic mass is 10.0. The molecular weight excluding hydrogens is 202 g/mol. The van der Waals surface area contributed by atoms with Gasteiger partial charge >= 0.3 is 0 Å². The van der Waals surface area contributed by atoms with Crippen molar-refractivity contribution in [1.82, 2.24) is 4.98 Å². The number of hydrogen-bond acceptors (Lipinski definition) is 3. The van der Waals surface area contributed by atoms with Crippen molar-refractivity contribution in [3.8, 4) is 17.0 Å². The third-order valence-corrected chi connectivity index (χ3v) is 2.71. The van der Waals surface area contributed by atoms with Crippen LogP contribution in [0, 0.1) is 20.8 Å². The first kappa shape index (κ1) is 10.7. The van der Waals surface area contributed by atoms with Crippen molar-refractivity contribution in [2.75, 3.05) is 7.11 Å². The third kappa shape index (κ3) is 1.81. The van der Waals surface area contributed by atoms with E-state index in [2.05, 4.69) is 24.9 Å². The zero-order valence-electron chi connectivity index (χ0n) is 10.00. The zero-order chi connectivity index (χ0) is 11.7. The number of oxazole rings is 1. The van der Waals surface area contributed by atoms with E-state index in [4.69, 9.17) is 9.15 Å². The van der Waals surface area contributed by atoms with Gasteiger partial charge in [-0.15, -0.1) is 0 Å². The fourth-order valence-corrected chi connectivity index (χ4v) is 1.65. The van der Waals surface area contributed by atoms with Crippen LogP contribution in [-0.2, 0) is 0 Å². The number of rotatable bonds is 2. The first-order valence-corrected chi connectivity index (χ1v) is 5.19. The normalized spacial score (nSPS) is 10.5. The molecule has 16 heavy (non-hydrogen) atoms. The van der Waals surface area contributed by atoms with Crippen LogP contribution < -0.4 is 4.74 Å². The third-order valence-electron chi connectivity index (χ3n) is 2.71. The van der Waals surface area contributed by atoms with Gasteiger partial charge in [-0.3, -0.25) is 0 Å². The average molecular weight is 217 g/mol. The molecule has 0 spiro atoms. The molecule has 3 heteroatoms. The van der Waals surface area contributed by atoms with Gasteiger partial charge in [-0.05, 0) is 37.1 Å². The summed E-state index contributed by atoms with van der Waals surface area (Å²) in [7, 11) is 1.67. The van der Waals surface area contributed by atoms with Gasteiger partial charge in [0.05, 0.1) is 7.11 Å². The predicted molar refractivity (Wildman–Crippen MR) is 62.7 cm³/mol. The molecular formula is C13H15NO2. The van der Waals surface area contributed by atoms with E-state index >= 15 is 0 Å². The minimum Gasteiger partial charge on any atom is -0.496 e. The van der Waals surface area contributed by atoms with E-state index in [0.29, 0.717) is 5.89 Å². The summed E-state index contributed by atoms with van der Waals surface area (Å²) in [5.41, 5.74) is 4.22. The number of aromatic nitrogens is 1. The number of ether oxygens (including phenoxy) is 1. The topological polar surface area (TPSA) is 35.3 Å². The summed E-state index contributed by atoms with van der Waals surface area (Å²) in [6, 6.07) is 4.10. The Morgan fingerprint density at radius 3 is 2.38 bits per heavy atom. The first-order chi connectivity index (χ1) is 7.61. The maximum atomic E-state index is 5.36. The monoisotopic (exact) mass is 217 g/mol. The number of benzene rings is 1. The summed E-state index contributed by atoms with van der Waals surface area (Å²) in [5.74, 6) is 1.49. The molecule has 0 aliphatic rings. The van der Waals surface area contributed by atoms with E-state index in [-0.39, 0.29) is 0 Å². The summed E-state index contributed by atoms with van der Waals surface area (Å²) in [4.78, 5) is 4.31. The number of nitrogens with zero attached hydrogens (tertiary/aromatic N) is 1. The highest BCUT2D eigenvalue weighted by molar-refractivity contribution is 5.68. The maximum Gasteiger partial charge on any atom is 0.191 e. The second-order valence-electron chi connectivity index (χ2n) is 3.89. The van der Waals surface area contributed by atoms with Crippen molar-refractivity contribution in [3.63, 3.8) is 0 Å². The van der Waals surface area contributed by atoms with Crippen LogP contribution in [0.2, 0.25) is 0 Å². The molecule has 0 amide bonds. The average Bonchev–Trinajstić information content (AvgIpc) is 2.68. The van der Waals surface area contributed by atoms with Gasteiger partial charge in [0.25, 0.3) is 0 Å². The number of aryl methyl sites for hydroxylation is 3. The Kier molecular flexibility index (Phi) is 2.69. The van der Waals surface area contributed by atoms with Crippen LogP contribution in [0.3, 0.4) is 0 Å². The molecule has 3 nitrogen and oxygen atoms in total. The van der Waals surface area contributed by atoms with Crippen molar-refractivity contribution in [1.29, 1.82) is 0 Å². The minimum absolute atomic E-state index is 0.662. The molecule has 0 fully saturated rings. The molecule has 0 aliphatic heterocycles. The fourth-order valence-electron chi connectivity index (χ4n) is 1.65. The highest BCUT2D eigenvalue weighted by Crippen LogP contribution is 2.31. The smallest absolute Gasteiger partial charge is 0.191 e. The molecule has 84 valence electrons. The Hall–Kier alpha value is -1.77. The Labute approximate surface area is 95.1 Å². The lowest BCUT2D eigenvalue weighted by Crippen LogP contribution is -1.91. The van der Waals surface area contributed by atoms with Gasteiger partial charge in [0, 0.05) is 12.5 Å². The van der Waals surface area contributed by atoms with Gasteiger partial charge in [0.1, 0.15) is 17.7 Å². The molecule has 0 aliphatic carbocycles. The van der Waals surface area contributed by atoms with E-state index in [1.54, 1.807) is 13.4 Å². The molecule has 0 saturated carbocycles. The first-order valence-electron chi connectivity index (χ1n) is 5.19. The van der Waals surface area contributed by atoms with Gasteiger partial charge in [-0.1, -0.05) is 0 Å². The van der Waals surface area contributed by atoms with Crippen molar-refractivity contribution >= 4 is 0 Å². The quantitative estimate of drug-likeness (QED) is 0.774. The summed E-state index contributed by atoms with van der Waals surface area (Å²) in [6.45, 7) is 5.97. The number of hydrogen-bond donors (Lipinski definition) is 0. The van der Waals surface area contributed by atoms with Gasteiger partial charge in [0.15, 0.2) is 5.89 Å². The molecule has 0 radical (unpaired) electrons. The maximum absolute atomic E-state index is 5.36. The Morgan fingerprint density at radius 1 is 1.12 bits per heavy atom. The van der Waals surface area contributed by atoms with Crippen LogP contribution in [0.5, 0.6) is 5.75 Å². The van der Waals surface area contributed by atoms with Crippen LogP contribution in [0.25, 0.3) is 11.3 Å². The van der Waals surface area contributed by atoms with Crippen molar-refractivity contribution in [2.45, 2.75) is 20.8 Å². The number of methoxy groups -OCH3 is 1. The highest BCUT2D eigenvalue weighted by atomic mass is 16.5. The lowest BCUT2D eigenvalue weighted by Gasteiger charge is -2.09. The van der Waals surface area contributed by atoms with Gasteiger partial charge in [0.2, 0.25) is 0 Å². The molecule has 1 heterocycles. The van der Waals surface area contributed by atoms with Crippen LogP contribution in [0.15, 0.2) is 22.8 Å². The van der Waals surface area contributed by atoms with E-state index in [0.717, 1.165) is 17.0 Å². The van der Waals surface area contributed by atoms with Crippen LogP contribution in [0.4, 0.5) is 0 Å². The van der Waals surface area contributed by atoms with Crippen molar-refractivity contribution in [3.05, 3.63) is 35.4 Å². The highest BCUT2D eigenvalue weighted by Gasteiger charge is 2.11. The SMILES string of the molecule is COc1cc(C)c(C)cc1-c1coc(C)n1. The standard InChI is InChI=1S/C13H15NO2/c1-8-5-11(12-7-16-10(3)14-12)13(15-4)6-9(8)2/h5-7H,1-4H3. The summed E-state index contributed by atoms with van der Waals surface area (Å²) < 4.78 is 10.6. The molecule has 1 aromatic heterocycles. The van der Waals surface area contributed by atoms with Crippen LogP contribution in [0.1, 0.15) is 17.0 Å². The Morgan fingerprint density at radius 2 is 1.81 bits per heavy atom. The van der Waals surface area contributed by atoms with Gasteiger partial charge in [-0.25, -0.2) is 4.98 Å². The Balaban J connectivity index is 2.59. The second kappa shape index (κ2) is 4.00. The second-order valence-corrected chi connectivity index (χ2v) is 3.89. The van der Waals surface area contributed by atoms with Crippen LogP contribution in [-0.4, -0.2) is 12.1 Å². The fraction of sp³-hybridized carbons (Fsp3) is 0.308. The molecule has 0 bridgehead atoms. The molecule has 0 N–H and O–H groups in total. The van der Waals surface area contributed by atoms with Crippen molar-refractivity contribution < 1.29 is 9.15 Å². The minimum atomic E-state index is 0.662. The van der Waals surface area contributed by atoms with Gasteiger partial charge < -0.3 is 9.15 Å². The summed E-state index contributed by atoms with van der Waals surface area (Å²) >= 11 is 0. The predicted octanol–water partition coefficient (Wildman–Crippen LogP) is 3.28. The van der Waals surface area contributed by atoms with E-state index in [9.17, 15) is 0 Å². The zero-order valence-corrected chi connectivity index (χ0v) is 10.00. The summed E-state index contributed by atoms with van der Waals surface area (Å²) in [6.07, 6.45) is 1.65. The molecule has 0 saturated heterocycles. The van der Waals surface area contributed by atoms with Crippen molar-refractivity contribution in [2.24, 2.45) is 0 Å². The van der Waals surface area contributed by atoms with Gasteiger partial charge in [-0.2, -0.15) is 0 Å². The molecule has 0 unspecified atom stereocenters. The largest absolute Gasteiger partial charge is 0.496 e. The molecule has 2 aromatic rings.